The van der Waals surface area contributed by atoms with Gasteiger partial charge in [0.2, 0.25) is 0 Å². The predicted molar refractivity (Wildman–Crippen MR) is 72.0 cm³/mol. The van der Waals surface area contributed by atoms with Crippen LogP contribution in [0.4, 0.5) is 5.69 Å². The minimum atomic E-state index is 0.532. The van der Waals surface area contributed by atoms with Crippen molar-refractivity contribution in [2.45, 2.75) is 39.2 Å². The van der Waals surface area contributed by atoms with Crippen LogP contribution in [0.3, 0.4) is 0 Å². The standard InChI is InChI=1S/C14H23N3/c1-2-12-5-4-9-17(10-7-12)14-6-3-8-16-13(14)11-15/h3,6,8,12H,2,4-5,7,9-11,15H2,1H3. The number of hydrogen-bond donors (Lipinski definition) is 1. The molecule has 0 aliphatic carbocycles. The third-order valence-electron chi connectivity index (χ3n) is 3.83. The van der Waals surface area contributed by atoms with E-state index in [0.717, 1.165) is 24.7 Å². The van der Waals surface area contributed by atoms with Gasteiger partial charge in [0.05, 0.1) is 11.4 Å². The molecular formula is C14H23N3. The summed E-state index contributed by atoms with van der Waals surface area (Å²) in [5.41, 5.74) is 8.03. The van der Waals surface area contributed by atoms with E-state index in [1.165, 1.54) is 31.4 Å². The lowest BCUT2D eigenvalue weighted by atomic mass is 9.98. The summed E-state index contributed by atoms with van der Waals surface area (Å²) in [5, 5.41) is 0. The van der Waals surface area contributed by atoms with Crippen molar-refractivity contribution in [2.24, 2.45) is 11.7 Å². The van der Waals surface area contributed by atoms with Crippen LogP contribution in [0.5, 0.6) is 0 Å². The Kier molecular flexibility index (Phi) is 4.37. The van der Waals surface area contributed by atoms with E-state index in [9.17, 15) is 0 Å². The second kappa shape index (κ2) is 6.01. The summed E-state index contributed by atoms with van der Waals surface area (Å²) in [4.78, 5) is 6.84. The molecule has 0 saturated carbocycles. The van der Waals surface area contributed by atoms with Crippen LogP contribution in [0.25, 0.3) is 0 Å². The van der Waals surface area contributed by atoms with E-state index in [1.54, 1.807) is 0 Å². The van der Waals surface area contributed by atoms with Crippen molar-refractivity contribution in [1.29, 1.82) is 0 Å². The zero-order valence-electron chi connectivity index (χ0n) is 10.7. The molecule has 1 aromatic rings. The van der Waals surface area contributed by atoms with Gasteiger partial charge in [-0.05, 0) is 37.3 Å². The number of nitrogens with zero attached hydrogens (tertiary/aromatic N) is 2. The molecule has 17 heavy (non-hydrogen) atoms. The lowest BCUT2D eigenvalue weighted by molar-refractivity contribution is 0.459. The highest BCUT2D eigenvalue weighted by molar-refractivity contribution is 5.50. The van der Waals surface area contributed by atoms with Crippen molar-refractivity contribution in [3.63, 3.8) is 0 Å². The molecule has 94 valence electrons. The summed E-state index contributed by atoms with van der Waals surface area (Å²) in [6.45, 7) is 5.13. The van der Waals surface area contributed by atoms with Crippen molar-refractivity contribution in [1.82, 2.24) is 4.98 Å². The molecule has 2 rings (SSSR count). The molecule has 3 nitrogen and oxygen atoms in total. The van der Waals surface area contributed by atoms with Gasteiger partial charge in [0, 0.05) is 25.8 Å². The van der Waals surface area contributed by atoms with Crippen LogP contribution in [0.15, 0.2) is 18.3 Å². The molecule has 2 N–H and O–H groups in total. The lowest BCUT2D eigenvalue weighted by Crippen LogP contribution is -2.26. The van der Waals surface area contributed by atoms with Gasteiger partial charge < -0.3 is 10.6 Å². The van der Waals surface area contributed by atoms with Crippen LogP contribution in [-0.2, 0) is 6.54 Å². The van der Waals surface area contributed by atoms with Crippen LogP contribution in [0, 0.1) is 5.92 Å². The quantitative estimate of drug-likeness (QED) is 0.872. The van der Waals surface area contributed by atoms with Gasteiger partial charge in [0.1, 0.15) is 0 Å². The Labute approximate surface area is 104 Å². The molecule has 2 heterocycles. The summed E-state index contributed by atoms with van der Waals surface area (Å²) in [6.07, 6.45) is 7.10. The molecule has 1 saturated heterocycles. The Balaban J connectivity index is 2.11. The number of rotatable bonds is 3. The molecule has 0 aromatic carbocycles. The van der Waals surface area contributed by atoms with Crippen LogP contribution < -0.4 is 10.6 Å². The Morgan fingerprint density at radius 3 is 3.06 bits per heavy atom. The van der Waals surface area contributed by atoms with Gasteiger partial charge in [-0.3, -0.25) is 4.98 Å². The van der Waals surface area contributed by atoms with Crippen LogP contribution in [-0.4, -0.2) is 18.1 Å². The van der Waals surface area contributed by atoms with E-state index in [4.69, 9.17) is 5.73 Å². The molecule has 0 amide bonds. The third-order valence-corrected chi connectivity index (χ3v) is 3.83. The van der Waals surface area contributed by atoms with Gasteiger partial charge in [-0.15, -0.1) is 0 Å². The predicted octanol–water partition coefficient (Wildman–Crippen LogP) is 2.56. The highest BCUT2D eigenvalue weighted by atomic mass is 15.1. The topological polar surface area (TPSA) is 42.2 Å². The number of anilines is 1. The lowest BCUT2D eigenvalue weighted by Gasteiger charge is -2.24. The molecule has 1 aliphatic heterocycles. The van der Waals surface area contributed by atoms with Crippen molar-refractivity contribution in [2.75, 3.05) is 18.0 Å². The van der Waals surface area contributed by atoms with E-state index in [2.05, 4.69) is 22.9 Å². The van der Waals surface area contributed by atoms with E-state index in [0.29, 0.717) is 6.54 Å². The number of nitrogens with two attached hydrogens (primary N) is 1. The highest BCUT2D eigenvalue weighted by Crippen LogP contribution is 2.25. The summed E-state index contributed by atoms with van der Waals surface area (Å²) in [7, 11) is 0. The first-order valence-electron chi connectivity index (χ1n) is 6.74. The van der Waals surface area contributed by atoms with Crippen LogP contribution >= 0.6 is 0 Å². The normalized spacial score (nSPS) is 21.3. The summed E-state index contributed by atoms with van der Waals surface area (Å²) in [5.74, 6) is 0.901. The van der Waals surface area contributed by atoms with Gasteiger partial charge >= 0.3 is 0 Å². The molecule has 0 spiro atoms. The molecule has 0 bridgehead atoms. The third kappa shape index (κ3) is 2.97. The van der Waals surface area contributed by atoms with E-state index in [1.807, 2.05) is 12.3 Å². The van der Waals surface area contributed by atoms with Gasteiger partial charge in [-0.25, -0.2) is 0 Å². The Bertz CT molecular complexity index is 351. The first-order chi connectivity index (χ1) is 8.35. The average Bonchev–Trinajstić information content (AvgIpc) is 2.63. The van der Waals surface area contributed by atoms with Crippen LogP contribution in [0.2, 0.25) is 0 Å². The monoisotopic (exact) mass is 233 g/mol. The maximum Gasteiger partial charge on any atom is 0.0772 e. The van der Waals surface area contributed by atoms with E-state index < -0.39 is 0 Å². The van der Waals surface area contributed by atoms with Crippen molar-refractivity contribution < 1.29 is 0 Å². The largest absolute Gasteiger partial charge is 0.370 e. The Morgan fingerprint density at radius 1 is 1.41 bits per heavy atom. The fraction of sp³-hybridized carbons (Fsp3) is 0.643. The Morgan fingerprint density at radius 2 is 2.29 bits per heavy atom. The highest BCUT2D eigenvalue weighted by Gasteiger charge is 2.17. The molecule has 3 heteroatoms. The zero-order valence-corrected chi connectivity index (χ0v) is 10.7. The SMILES string of the molecule is CCC1CCCN(c2cccnc2CN)CC1. The summed E-state index contributed by atoms with van der Waals surface area (Å²) >= 11 is 0. The van der Waals surface area contributed by atoms with Gasteiger partial charge in [0.15, 0.2) is 0 Å². The maximum atomic E-state index is 5.76. The number of hydrogen-bond acceptors (Lipinski definition) is 3. The molecule has 1 aliphatic rings. The van der Waals surface area contributed by atoms with Gasteiger partial charge in [-0.1, -0.05) is 13.3 Å². The van der Waals surface area contributed by atoms with Gasteiger partial charge in [-0.2, -0.15) is 0 Å². The molecular weight excluding hydrogens is 210 g/mol. The summed E-state index contributed by atoms with van der Waals surface area (Å²) in [6, 6.07) is 4.16. The minimum absolute atomic E-state index is 0.532. The molecule has 1 unspecified atom stereocenters. The van der Waals surface area contributed by atoms with E-state index >= 15 is 0 Å². The zero-order chi connectivity index (χ0) is 12.1. The number of aromatic nitrogens is 1. The fourth-order valence-electron chi connectivity index (χ4n) is 2.69. The molecule has 1 aromatic heterocycles. The van der Waals surface area contributed by atoms with E-state index in [-0.39, 0.29) is 0 Å². The molecule has 1 fully saturated rings. The first kappa shape index (κ1) is 12.4. The smallest absolute Gasteiger partial charge is 0.0772 e. The van der Waals surface area contributed by atoms with Crippen LogP contribution in [0.1, 0.15) is 38.3 Å². The summed E-state index contributed by atoms with van der Waals surface area (Å²) < 4.78 is 0. The second-order valence-corrected chi connectivity index (χ2v) is 4.87. The fourth-order valence-corrected chi connectivity index (χ4v) is 2.69. The Hall–Kier alpha value is -1.09. The maximum absolute atomic E-state index is 5.76. The molecule has 1 atom stereocenters. The second-order valence-electron chi connectivity index (χ2n) is 4.87. The molecule has 0 radical (unpaired) electrons. The number of pyridine rings is 1. The van der Waals surface area contributed by atoms with Crippen molar-refractivity contribution >= 4 is 5.69 Å². The average molecular weight is 233 g/mol. The minimum Gasteiger partial charge on any atom is -0.370 e. The van der Waals surface area contributed by atoms with Crippen molar-refractivity contribution in [3.05, 3.63) is 24.0 Å². The first-order valence-corrected chi connectivity index (χ1v) is 6.74. The van der Waals surface area contributed by atoms with Gasteiger partial charge in [0.25, 0.3) is 0 Å². The van der Waals surface area contributed by atoms with Crippen molar-refractivity contribution in [3.8, 4) is 0 Å².